The van der Waals surface area contributed by atoms with Crippen molar-refractivity contribution in [1.82, 2.24) is 0 Å². The Morgan fingerprint density at radius 3 is 2.53 bits per heavy atom. The van der Waals surface area contributed by atoms with Gasteiger partial charge in [-0.2, -0.15) is 0 Å². The van der Waals surface area contributed by atoms with Crippen molar-refractivity contribution in [2.75, 3.05) is 6.54 Å². The molecule has 0 unspecified atom stereocenters. The summed E-state index contributed by atoms with van der Waals surface area (Å²) in [6.07, 6.45) is 1.29. The molecule has 2 rings (SSSR count). The van der Waals surface area contributed by atoms with Gasteiger partial charge in [0.25, 0.3) is 0 Å². The summed E-state index contributed by atoms with van der Waals surface area (Å²) >= 11 is 5.51. The number of phenols is 1. The molecule has 0 bridgehead atoms. The van der Waals surface area contributed by atoms with Crippen LogP contribution in [0.4, 0.5) is 8.78 Å². The highest BCUT2D eigenvalue weighted by atomic mass is 35.5. The number of hydrogen-bond donors (Lipinski definition) is 2. The highest BCUT2D eigenvalue weighted by Crippen LogP contribution is 2.52. The lowest BCUT2D eigenvalue weighted by Crippen LogP contribution is -2.21. The van der Waals surface area contributed by atoms with E-state index in [0.29, 0.717) is 12.8 Å². The van der Waals surface area contributed by atoms with Crippen molar-refractivity contribution in [2.45, 2.75) is 18.3 Å². The average molecular weight is 234 g/mol. The lowest BCUT2D eigenvalue weighted by atomic mass is 9.94. The second kappa shape index (κ2) is 3.32. The molecule has 0 heterocycles. The molecule has 15 heavy (non-hydrogen) atoms. The Labute approximate surface area is 90.7 Å². The van der Waals surface area contributed by atoms with Gasteiger partial charge in [-0.3, -0.25) is 0 Å². The van der Waals surface area contributed by atoms with Crippen LogP contribution in [0.25, 0.3) is 0 Å². The smallest absolute Gasteiger partial charge is 0.166 e. The third-order valence-electron chi connectivity index (χ3n) is 2.92. The number of phenolic OH excluding ortho intramolecular Hbond substituents is 1. The lowest BCUT2D eigenvalue weighted by Gasteiger charge is -2.16. The van der Waals surface area contributed by atoms with Crippen molar-refractivity contribution in [3.63, 3.8) is 0 Å². The Hall–Kier alpha value is -0.870. The molecule has 1 fully saturated rings. The number of halogens is 3. The summed E-state index contributed by atoms with van der Waals surface area (Å²) in [6.45, 7) is 0.178. The largest absolute Gasteiger partial charge is 0.505 e. The van der Waals surface area contributed by atoms with Crippen LogP contribution in [0.2, 0.25) is 5.02 Å². The molecule has 1 aliphatic carbocycles. The van der Waals surface area contributed by atoms with Crippen LogP contribution in [0.15, 0.2) is 6.07 Å². The molecular weight excluding hydrogens is 224 g/mol. The fourth-order valence-corrected chi connectivity index (χ4v) is 1.97. The molecule has 1 saturated carbocycles. The number of nitrogens with two attached hydrogens (primary N) is 1. The van der Waals surface area contributed by atoms with Crippen LogP contribution in [-0.4, -0.2) is 11.7 Å². The summed E-state index contributed by atoms with van der Waals surface area (Å²) in [7, 11) is 0. The van der Waals surface area contributed by atoms with Crippen LogP contribution in [0.3, 0.4) is 0 Å². The van der Waals surface area contributed by atoms with Crippen LogP contribution >= 0.6 is 11.6 Å². The molecule has 0 aromatic heterocycles. The summed E-state index contributed by atoms with van der Waals surface area (Å²) in [5.41, 5.74) is 4.80. The number of hydrogen-bond acceptors (Lipinski definition) is 2. The van der Waals surface area contributed by atoms with Gasteiger partial charge in [-0.05, 0) is 18.9 Å². The lowest BCUT2D eigenvalue weighted by molar-refractivity contribution is 0.408. The Balaban J connectivity index is 2.64. The standard InChI is InChI=1S/C10H10ClF2NO/c11-5-3-6(12)9(15)7(8(5)13)10(4-14)1-2-10/h3,15H,1-2,4,14H2. The van der Waals surface area contributed by atoms with Crippen molar-refractivity contribution in [2.24, 2.45) is 5.73 Å². The maximum Gasteiger partial charge on any atom is 0.166 e. The van der Waals surface area contributed by atoms with Gasteiger partial charge in [0, 0.05) is 17.5 Å². The molecule has 0 atom stereocenters. The summed E-state index contributed by atoms with van der Waals surface area (Å²) in [6, 6.07) is 0.766. The van der Waals surface area contributed by atoms with Crippen LogP contribution in [0.5, 0.6) is 5.75 Å². The minimum absolute atomic E-state index is 0.0741. The van der Waals surface area contributed by atoms with E-state index in [2.05, 4.69) is 0 Å². The molecule has 2 nitrogen and oxygen atoms in total. The fourth-order valence-electron chi connectivity index (χ4n) is 1.78. The predicted molar refractivity (Wildman–Crippen MR) is 53.0 cm³/mol. The monoisotopic (exact) mass is 233 g/mol. The number of aromatic hydroxyl groups is 1. The molecule has 0 spiro atoms. The Bertz CT molecular complexity index is 392. The van der Waals surface area contributed by atoms with E-state index in [0.717, 1.165) is 6.07 Å². The second-order valence-corrected chi connectivity index (χ2v) is 4.27. The van der Waals surface area contributed by atoms with Gasteiger partial charge in [0.1, 0.15) is 5.82 Å². The Morgan fingerprint density at radius 2 is 2.07 bits per heavy atom. The summed E-state index contributed by atoms with van der Waals surface area (Å²) in [5.74, 6) is -2.34. The van der Waals surface area contributed by atoms with E-state index < -0.39 is 22.8 Å². The van der Waals surface area contributed by atoms with Crippen LogP contribution in [0.1, 0.15) is 18.4 Å². The van der Waals surface area contributed by atoms with Gasteiger partial charge in [0.2, 0.25) is 0 Å². The van der Waals surface area contributed by atoms with E-state index in [-0.39, 0.29) is 17.1 Å². The first-order chi connectivity index (χ1) is 7.02. The first-order valence-corrected chi connectivity index (χ1v) is 4.96. The maximum absolute atomic E-state index is 13.7. The molecule has 1 aliphatic rings. The van der Waals surface area contributed by atoms with E-state index in [1.54, 1.807) is 0 Å². The molecule has 0 amide bonds. The third-order valence-corrected chi connectivity index (χ3v) is 3.20. The predicted octanol–water partition coefficient (Wildman–Crippen LogP) is 2.31. The molecule has 82 valence electrons. The third kappa shape index (κ3) is 1.48. The minimum atomic E-state index is -0.906. The molecule has 0 aliphatic heterocycles. The first-order valence-electron chi connectivity index (χ1n) is 4.59. The quantitative estimate of drug-likeness (QED) is 0.770. The minimum Gasteiger partial charge on any atom is -0.505 e. The molecular formula is C10H10ClF2NO. The summed E-state index contributed by atoms with van der Waals surface area (Å²) in [5, 5.41) is 9.16. The van der Waals surface area contributed by atoms with Gasteiger partial charge in [0.05, 0.1) is 5.02 Å². The van der Waals surface area contributed by atoms with Crippen molar-refractivity contribution < 1.29 is 13.9 Å². The van der Waals surface area contributed by atoms with Gasteiger partial charge in [0.15, 0.2) is 11.6 Å². The van der Waals surface area contributed by atoms with Gasteiger partial charge >= 0.3 is 0 Å². The van der Waals surface area contributed by atoms with Crippen LogP contribution in [-0.2, 0) is 5.41 Å². The summed E-state index contributed by atoms with van der Waals surface area (Å²) in [4.78, 5) is 0. The van der Waals surface area contributed by atoms with E-state index in [9.17, 15) is 13.9 Å². The first kappa shape index (κ1) is 10.6. The van der Waals surface area contributed by atoms with Gasteiger partial charge < -0.3 is 10.8 Å². The number of rotatable bonds is 2. The van der Waals surface area contributed by atoms with Crippen LogP contribution in [0, 0.1) is 11.6 Å². The van der Waals surface area contributed by atoms with E-state index >= 15 is 0 Å². The normalized spacial score (nSPS) is 17.9. The van der Waals surface area contributed by atoms with Crippen molar-refractivity contribution in [1.29, 1.82) is 0 Å². The maximum atomic E-state index is 13.7. The van der Waals surface area contributed by atoms with Crippen molar-refractivity contribution in [3.8, 4) is 5.75 Å². The van der Waals surface area contributed by atoms with Crippen molar-refractivity contribution >= 4 is 11.6 Å². The highest BCUT2D eigenvalue weighted by Gasteiger charge is 2.47. The molecule has 3 N–H and O–H groups in total. The average Bonchev–Trinajstić information content (AvgIpc) is 2.96. The highest BCUT2D eigenvalue weighted by molar-refractivity contribution is 6.30. The van der Waals surface area contributed by atoms with Gasteiger partial charge in [-0.25, -0.2) is 8.78 Å². The van der Waals surface area contributed by atoms with E-state index in [1.807, 2.05) is 0 Å². The zero-order valence-corrected chi connectivity index (χ0v) is 8.61. The second-order valence-electron chi connectivity index (χ2n) is 3.86. The molecule has 1 aromatic rings. The van der Waals surface area contributed by atoms with Crippen LogP contribution < -0.4 is 5.73 Å². The topological polar surface area (TPSA) is 46.2 Å². The molecule has 5 heteroatoms. The fraction of sp³-hybridized carbons (Fsp3) is 0.400. The van der Waals surface area contributed by atoms with Gasteiger partial charge in [-0.1, -0.05) is 11.6 Å². The number of benzene rings is 1. The molecule has 1 aromatic carbocycles. The molecule has 0 radical (unpaired) electrons. The summed E-state index contributed by atoms with van der Waals surface area (Å²) < 4.78 is 26.8. The Morgan fingerprint density at radius 1 is 1.47 bits per heavy atom. The SMILES string of the molecule is NCC1(c2c(O)c(F)cc(Cl)c2F)CC1. The van der Waals surface area contributed by atoms with E-state index in [1.165, 1.54) is 0 Å². The Kier molecular flexibility index (Phi) is 2.35. The van der Waals surface area contributed by atoms with Gasteiger partial charge in [-0.15, -0.1) is 0 Å². The van der Waals surface area contributed by atoms with Crippen molar-refractivity contribution in [3.05, 3.63) is 28.3 Å². The van der Waals surface area contributed by atoms with E-state index in [4.69, 9.17) is 17.3 Å². The zero-order valence-electron chi connectivity index (χ0n) is 7.86. The molecule has 0 saturated heterocycles. The zero-order chi connectivity index (χ0) is 11.2.